The smallest absolute Gasteiger partial charge is 0.323 e. The number of amides is 4. The molecule has 1 aliphatic carbocycles. The van der Waals surface area contributed by atoms with Crippen LogP contribution >= 0.6 is 0 Å². The molecule has 0 bridgehead atoms. The molecule has 2 heterocycles. The van der Waals surface area contributed by atoms with Gasteiger partial charge in [-0.3, -0.25) is 14.5 Å². The van der Waals surface area contributed by atoms with Crippen molar-refractivity contribution < 1.29 is 14.4 Å². The fraction of sp³-hybridized carbons (Fsp3) is 0.632. The molecule has 2 N–H and O–H groups in total. The topological polar surface area (TPSA) is 104 Å². The summed E-state index contributed by atoms with van der Waals surface area (Å²) in [4.78, 5) is 46.8. The Hall–Kier alpha value is -2.51. The van der Waals surface area contributed by atoms with Crippen LogP contribution in [0.2, 0.25) is 0 Å². The molecular weight excluding hydrogens is 346 g/mol. The first-order valence-corrected chi connectivity index (χ1v) is 9.48. The summed E-state index contributed by atoms with van der Waals surface area (Å²) in [5, 5.41) is 5.56. The van der Waals surface area contributed by atoms with Gasteiger partial charge in [0, 0.05) is 18.4 Å². The number of nitrogens with one attached hydrogen (secondary N) is 2. The highest BCUT2D eigenvalue weighted by molar-refractivity contribution is 6.07. The molecule has 1 aromatic rings. The van der Waals surface area contributed by atoms with Crippen LogP contribution in [-0.4, -0.2) is 44.8 Å². The van der Waals surface area contributed by atoms with Crippen LogP contribution in [0.25, 0.3) is 0 Å². The van der Waals surface area contributed by atoms with Crippen molar-refractivity contribution in [2.24, 2.45) is 0 Å². The summed E-state index contributed by atoms with van der Waals surface area (Å²) in [6.45, 7) is 6.10. The standard InChI is InChI=1S/C19H27N5O3/c1-18(2,3)15-20-11-13(12-21-15)22-14(25)7-10-24-16(26)19(23-17(24)27)8-5-4-6-9-19/h11-12H,4-10H2,1-3H3,(H,22,25)(H,23,27). The van der Waals surface area contributed by atoms with Crippen molar-refractivity contribution in [1.82, 2.24) is 20.2 Å². The van der Waals surface area contributed by atoms with Gasteiger partial charge >= 0.3 is 6.03 Å². The van der Waals surface area contributed by atoms with Gasteiger partial charge in [-0.1, -0.05) is 40.0 Å². The number of hydrogen-bond acceptors (Lipinski definition) is 5. The lowest BCUT2D eigenvalue weighted by Gasteiger charge is -2.30. The minimum absolute atomic E-state index is 0.0380. The van der Waals surface area contributed by atoms with Gasteiger partial charge in [-0.25, -0.2) is 14.8 Å². The Labute approximate surface area is 159 Å². The van der Waals surface area contributed by atoms with E-state index >= 15 is 0 Å². The van der Waals surface area contributed by atoms with E-state index in [1.54, 1.807) is 12.4 Å². The predicted octanol–water partition coefficient (Wildman–Crippen LogP) is 2.36. The Morgan fingerprint density at radius 3 is 2.41 bits per heavy atom. The molecule has 2 fully saturated rings. The molecule has 0 atom stereocenters. The van der Waals surface area contributed by atoms with Crippen molar-refractivity contribution in [3.63, 3.8) is 0 Å². The zero-order valence-corrected chi connectivity index (χ0v) is 16.2. The zero-order chi connectivity index (χ0) is 19.7. The molecule has 1 spiro atoms. The minimum Gasteiger partial charge on any atom is -0.323 e. The van der Waals surface area contributed by atoms with Crippen LogP contribution in [0.5, 0.6) is 0 Å². The van der Waals surface area contributed by atoms with Crippen LogP contribution < -0.4 is 10.6 Å². The van der Waals surface area contributed by atoms with E-state index < -0.39 is 11.6 Å². The molecule has 1 aliphatic heterocycles. The summed E-state index contributed by atoms with van der Waals surface area (Å²) in [5.41, 5.74) is -0.419. The molecule has 2 aliphatic rings. The number of nitrogens with zero attached hydrogens (tertiary/aromatic N) is 3. The van der Waals surface area contributed by atoms with Gasteiger partial charge in [0.15, 0.2) is 0 Å². The Balaban J connectivity index is 1.54. The number of anilines is 1. The lowest BCUT2D eigenvalue weighted by atomic mass is 9.82. The molecule has 27 heavy (non-hydrogen) atoms. The van der Waals surface area contributed by atoms with Crippen molar-refractivity contribution in [2.75, 3.05) is 11.9 Å². The van der Waals surface area contributed by atoms with E-state index in [-0.39, 0.29) is 30.2 Å². The molecule has 4 amide bonds. The summed E-state index contributed by atoms with van der Waals surface area (Å²) >= 11 is 0. The number of imide groups is 1. The summed E-state index contributed by atoms with van der Waals surface area (Å²) in [6, 6.07) is -0.396. The van der Waals surface area contributed by atoms with Crippen molar-refractivity contribution in [2.45, 2.75) is 70.3 Å². The van der Waals surface area contributed by atoms with Gasteiger partial charge in [-0.05, 0) is 12.8 Å². The largest absolute Gasteiger partial charge is 0.325 e. The first kappa shape index (κ1) is 19.3. The molecule has 0 aromatic carbocycles. The molecule has 1 saturated heterocycles. The van der Waals surface area contributed by atoms with Crippen LogP contribution in [0.4, 0.5) is 10.5 Å². The number of urea groups is 1. The fourth-order valence-electron chi connectivity index (χ4n) is 3.59. The Bertz CT molecular complexity index is 733. The average molecular weight is 373 g/mol. The Kier molecular flexibility index (Phi) is 5.17. The second kappa shape index (κ2) is 7.25. The zero-order valence-electron chi connectivity index (χ0n) is 16.2. The molecule has 146 valence electrons. The third-order valence-corrected chi connectivity index (χ3v) is 5.12. The fourth-order valence-corrected chi connectivity index (χ4v) is 3.59. The summed E-state index contributed by atoms with van der Waals surface area (Å²) < 4.78 is 0. The highest BCUT2D eigenvalue weighted by atomic mass is 16.2. The van der Waals surface area contributed by atoms with Crippen molar-refractivity contribution in [3.8, 4) is 0 Å². The molecule has 3 rings (SSSR count). The van der Waals surface area contributed by atoms with Crippen LogP contribution in [0.3, 0.4) is 0 Å². The molecule has 1 aromatic heterocycles. The Morgan fingerprint density at radius 2 is 1.81 bits per heavy atom. The minimum atomic E-state index is -0.748. The quantitative estimate of drug-likeness (QED) is 0.789. The number of carbonyl (C=O) groups is 3. The van der Waals surface area contributed by atoms with Gasteiger partial charge in [0.2, 0.25) is 5.91 Å². The van der Waals surface area contributed by atoms with Crippen LogP contribution in [0, 0.1) is 0 Å². The maximum atomic E-state index is 12.7. The van der Waals surface area contributed by atoms with Gasteiger partial charge in [0.25, 0.3) is 5.91 Å². The first-order valence-electron chi connectivity index (χ1n) is 9.48. The van der Waals surface area contributed by atoms with Crippen LogP contribution in [-0.2, 0) is 15.0 Å². The Morgan fingerprint density at radius 1 is 1.19 bits per heavy atom. The van der Waals surface area contributed by atoms with Crippen molar-refractivity contribution in [3.05, 3.63) is 18.2 Å². The first-order chi connectivity index (χ1) is 12.7. The highest BCUT2D eigenvalue weighted by Crippen LogP contribution is 2.33. The molecule has 8 nitrogen and oxygen atoms in total. The lowest BCUT2D eigenvalue weighted by molar-refractivity contribution is -0.132. The molecular formula is C19H27N5O3. The maximum Gasteiger partial charge on any atom is 0.325 e. The summed E-state index contributed by atoms with van der Waals surface area (Å²) in [5.74, 6) is 0.211. The summed E-state index contributed by atoms with van der Waals surface area (Å²) in [7, 11) is 0. The van der Waals surface area contributed by atoms with Gasteiger partial charge < -0.3 is 10.6 Å². The van der Waals surface area contributed by atoms with Crippen LogP contribution in [0.15, 0.2) is 12.4 Å². The van der Waals surface area contributed by atoms with Crippen molar-refractivity contribution >= 4 is 23.5 Å². The van der Waals surface area contributed by atoms with E-state index in [2.05, 4.69) is 20.6 Å². The normalized spacial score (nSPS) is 19.3. The van der Waals surface area contributed by atoms with E-state index in [1.807, 2.05) is 20.8 Å². The average Bonchev–Trinajstić information content (AvgIpc) is 2.83. The number of rotatable bonds is 4. The second-order valence-electron chi connectivity index (χ2n) is 8.37. The number of hydrogen-bond donors (Lipinski definition) is 2. The van der Waals surface area contributed by atoms with Crippen LogP contribution in [0.1, 0.15) is 65.1 Å². The highest BCUT2D eigenvalue weighted by Gasteiger charge is 2.51. The third kappa shape index (κ3) is 4.09. The second-order valence-corrected chi connectivity index (χ2v) is 8.37. The van der Waals surface area contributed by atoms with Gasteiger partial charge in [0.05, 0.1) is 18.1 Å². The lowest BCUT2D eigenvalue weighted by Crippen LogP contribution is -2.48. The van der Waals surface area contributed by atoms with Crippen molar-refractivity contribution in [1.29, 1.82) is 0 Å². The number of carbonyl (C=O) groups excluding carboxylic acids is 3. The summed E-state index contributed by atoms with van der Waals surface area (Å²) in [6.07, 6.45) is 7.48. The molecule has 1 saturated carbocycles. The molecule has 8 heteroatoms. The van der Waals surface area contributed by atoms with Gasteiger partial charge in [0.1, 0.15) is 11.4 Å². The van der Waals surface area contributed by atoms with Gasteiger partial charge in [-0.2, -0.15) is 0 Å². The van der Waals surface area contributed by atoms with E-state index in [0.29, 0.717) is 24.4 Å². The number of aromatic nitrogens is 2. The van der Waals surface area contributed by atoms with E-state index in [0.717, 1.165) is 19.3 Å². The molecule has 0 unspecified atom stereocenters. The van der Waals surface area contributed by atoms with E-state index in [9.17, 15) is 14.4 Å². The predicted molar refractivity (Wildman–Crippen MR) is 100 cm³/mol. The maximum absolute atomic E-state index is 12.7. The third-order valence-electron chi connectivity index (χ3n) is 5.12. The monoisotopic (exact) mass is 373 g/mol. The van der Waals surface area contributed by atoms with E-state index in [1.165, 1.54) is 4.90 Å². The van der Waals surface area contributed by atoms with Gasteiger partial charge in [-0.15, -0.1) is 0 Å². The molecule has 0 radical (unpaired) electrons. The SMILES string of the molecule is CC(C)(C)c1ncc(NC(=O)CCN2C(=O)NC3(CCCCC3)C2=O)cn1. The van der Waals surface area contributed by atoms with E-state index in [4.69, 9.17) is 0 Å².